The van der Waals surface area contributed by atoms with Crippen LogP contribution in [0.5, 0.6) is 0 Å². The summed E-state index contributed by atoms with van der Waals surface area (Å²) in [6.45, 7) is 1.54. The van der Waals surface area contributed by atoms with Gasteiger partial charge < -0.3 is 50.3 Å². The Morgan fingerprint density at radius 1 is 1.26 bits per heavy atom. The molecule has 0 amide bonds. The zero-order chi connectivity index (χ0) is 26.3. The zero-order valence-corrected chi connectivity index (χ0v) is 24.3. The molecule has 0 unspecified atom stereocenters. The number of thioether (sulfide) groups is 1. The minimum atomic E-state index is -2.97. The molecule has 0 bridgehead atoms. The summed E-state index contributed by atoms with van der Waals surface area (Å²) in [5.74, 6) is -3.85. The molecule has 35 heavy (non-hydrogen) atoms. The molecule has 0 aliphatic carbocycles. The van der Waals surface area contributed by atoms with E-state index in [4.69, 9.17) is 5.11 Å². The molecule has 0 fully saturated rings. The Labute approximate surface area is 229 Å². The van der Waals surface area contributed by atoms with Crippen molar-refractivity contribution < 1.29 is 39.7 Å². The number of nitrogens with zero attached hydrogens (tertiary/aromatic N) is 3. The largest absolute Gasteiger partial charge is 3.00 e. The summed E-state index contributed by atoms with van der Waals surface area (Å²) in [6.07, 6.45) is -1.79. The molecular weight excluding hydrogens is 703 g/mol. The van der Waals surface area contributed by atoms with E-state index in [0.29, 0.717) is 12.4 Å². The van der Waals surface area contributed by atoms with Crippen molar-refractivity contribution in [2.45, 2.75) is 30.7 Å². The number of carbonyl (C=O) groups is 3. The minimum Gasteiger partial charge on any atom is -0.550 e. The monoisotopic (exact) mass is 729 g/mol. The summed E-state index contributed by atoms with van der Waals surface area (Å²) < 4.78 is 0. The van der Waals surface area contributed by atoms with E-state index in [2.05, 4.69) is 25.9 Å². The second-order valence-electron chi connectivity index (χ2n) is 6.94. The fourth-order valence-electron chi connectivity index (χ4n) is 2.18. The van der Waals surface area contributed by atoms with Crippen molar-refractivity contribution in [2.24, 2.45) is 0 Å². The Bertz CT molecular complexity index is 851. The Balaban J connectivity index is 0. The van der Waals surface area contributed by atoms with Crippen LogP contribution in [0.3, 0.4) is 0 Å². The van der Waals surface area contributed by atoms with Gasteiger partial charge >= 0.3 is 26.2 Å². The van der Waals surface area contributed by atoms with Crippen LogP contribution in [0, 0.1) is 10.1 Å². The van der Waals surface area contributed by atoms with Gasteiger partial charge in [-0.05, 0) is 14.1 Å². The van der Waals surface area contributed by atoms with Crippen LogP contribution in [0.2, 0.25) is 0 Å². The topological polar surface area (TPSA) is 224 Å². The van der Waals surface area contributed by atoms with Crippen LogP contribution in [0.4, 0.5) is 0 Å². The van der Waals surface area contributed by atoms with Crippen molar-refractivity contribution in [1.82, 2.24) is 20.5 Å². The third-order valence-electron chi connectivity index (χ3n) is 3.62. The fourth-order valence-corrected chi connectivity index (χ4v) is 3.95. The van der Waals surface area contributed by atoms with Crippen molar-refractivity contribution >= 4 is 67.2 Å². The fraction of sp³-hybridized carbons (Fsp3) is 0.556. The number of carboxylic acids is 3. The number of nitro groups is 1. The Hall–Kier alpha value is -2.07. The molecule has 1 aromatic rings. The molecule has 0 aromatic carbocycles. The molecule has 0 saturated heterocycles. The van der Waals surface area contributed by atoms with Crippen LogP contribution in [0.1, 0.15) is 23.5 Å². The molecular formula is C18H26BiN5O9S2. The summed E-state index contributed by atoms with van der Waals surface area (Å²) >= 11 is 3.43. The Morgan fingerprint density at radius 3 is 2.26 bits per heavy atom. The number of carboxylic acid groups (broad SMARTS) is 3. The van der Waals surface area contributed by atoms with Crippen molar-refractivity contribution in [1.29, 1.82) is 0 Å². The molecule has 14 nitrogen and oxygen atoms in total. The Kier molecular flexibility index (Phi) is 18.3. The third kappa shape index (κ3) is 17.1. The van der Waals surface area contributed by atoms with Gasteiger partial charge in [0.1, 0.15) is 10.6 Å². The van der Waals surface area contributed by atoms with Gasteiger partial charge in [-0.3, -0.25) is 10.1 Å². The summed E-state index contributed by atoms with van der Waals surface area (Å²) in [5, 5.41) is 58.2. The first-order chi connectivity index (χ1) is 15.8. The minimum absolute atomic E-state index is 0. The average molecular weight is 730 g/mol. The molecule has 194 valence electrons. The molecule has 2 radical (unpaired) electrons. The first-order valence-electron chi connectivity index (χ1n) is 9.55. The van der Waals surface area contributed by atoms with Crippen molar-refractivity contribution in [3.05, 3.63) is 38.2 Å². The van der Waals surface area contributed by atoms with Crippen LogP contribution >= 0.6 is 23.1 Å². The molecule has 3 N–H and O–H groups in total. The average Bonchev–Trinajstić information content (AvgIpc) is 3.12. The Morgan fingerprint density at radius 2 is 1.83 bits per heavy atom. The van der Waals surface area contributed by atoms with Crippen LogP contribution < -0.4 is 26.0 Å². The molecule has 1 aromatic heterocycles. The molecule has 0 saturated carbocycles. The van der Waals surface area contributed by atoms with Gasteiger partial charge in [-0.25, -0.2) is 4.98 Å². The summed E-state index contributed by atoms with van der Waals surface area (Å²) in [5.41, 5.74) is -1.88. The maximum Gasteiger partial charge on any atom is 3.00 e. The number of aliphatic carboxylic acids is 3. The van der Waals surface area contributed by atoms with Gasteiger partial charge in [-0.2, -0.15) is 11.8 Å². The predicted octanol–water partition coefficient (Wildman–Crippen LogP) is -4.31. The molecule has 0 aliphatic rings. The van der Waals surface area contributed by atoms with Crippen molar-refractivity contribution in [2.75, 3.05) is 33.4 Å². The number of rotatable bonds is 15. The summed E-state index contributed by atoms with van der Waals surface area (Å²) in [4.78, 5) is 46.5. The van der Waals surface area contributed by atoms with E-state index in [-0.39, 0.29) is 26.2 Å². The van der Waals surface area contributed by atoms with Crippen LogP contribution in [-0.2, 0) is 26.7 Å². The van der Waals surface area contributed by atoms with Gasteiger partial charge in [0.25, 0.3) is 6.20 Å². The maximum atomic E-state index is 10.4. The number of hydrogen-bond acceptors (Lipinski definition) is 15. The van der Waals surface area contributed by atoms with Crippen LogP contribution in [0.15, 0.2) is 17.4 Å². The predicted molar refractivity (Wildman–Crippen MR) is 123 cm³/mol. The van der Waals surface area contributed by atoms with E-state index in [9.17, 15) is 39.8 Å². The van der Waals surface area contributed by atoms with Gasteiger partial charge in [-0.1, -0.05) is 0 Å². The second-order valence-corrected chi connectivity index (χ2v) is 8.99. The maximum absolute atomic E-state index is 10.4. The van der Waals surface area contributed by atoms with Gasteiger partial charge in [0.05, 0.1) is 16.6 Å². The number of nitrogens with one attached hydrogen (secondary N) is 2. The van der Waals surface area contributed by atoms with E-state index in [1.54, 1.807) is 30.1 Å². The SMILES string of the molecule is CN/C(=C\[N+](=O)[O-])NCCSCc1csc(CN(C)C)n1.O=C([O-])CC(O)(CC(=O)[O-])C(=O)[O-].[Bi+3]. The molecule has 0 spiro atoms. The standard InChI is InChI=1S/C12H21N5O2S2.C6H8O7.Bi/c1-13-11(6-17(18)19)14-4-5-20-8-10-9-21-12(15-10)7-16(2)3;7-3(8)1-6(13,5(11)12)2-4(9)10;/h6,9,13-14H,4-5,7-8H2,1-3H3;13H,1-2H2,(H,7,8)(H,9,10)(H,11,12);/q;;+3/p-3/b11-6+;;. The van der Waals surface area contributed by atoms with Crippen LogP contribution in [0.25, 0.3) is 0 Å². The molecule has 1 rings (SSSR count). The van der Waals surface area contributed by atoms with E-state index in [1.165, 1.54) is 0 Å². The van der Waals surface area contributed by atoms with Gasteiger partial charge in [0, 0.05) is 61.8 Å². The zero-order valence-electron chi connectivity index (χ0n) is 19.2. The number of aliphatic hydroxyl groups is 1. The number of hydrogen-bond donors (Lipinski definition) is 3. The first kappa shape index (κ1) is 35.1. The van der Waals surface area contributed by atoms with Gasteiger partial charge in [0.15, 0.2) is 5.82 Å². The molecule has 0 atom stereocenters. The normalized spacial score (nSPS) is 11.1. The summed E-state index contributed by atoms with van der Waals surface area (Å²) in [6, 6.07) is 0. The van der Waals surface area contributed by atoms with E-state index in [1.807, 2.05) is 14.1 Å². The smallest absolute Gasteiger partial charge is 0.550 e. The van der Waals surface area contributed by atoms with Crippen LogP contribution in [-0.4, -0.2) is 103 Å². The number of aromatic nitrogens is 1. The first-order valence-corrected chi connectivity index (χ1v) is 11.6. The summed E-state index contributed by atoms with van der Waals surface area (Å²) in [7, 11) is 5.70. The van der Waals surface area contributed by atoms with Crippen molar-refractivity contribution in [3.8, 4) is 0 Å². The van der Waals surface area contributed by atoms with Gasteiger partial charge in [0.2, 0.25) is 0 Å². The third-order valence-corrected chi connectivity index (χ3v) is 5.50. The van der Waals surface area contributed by atoms with E-state index < -0.39 is 41.3 Å². The molecule has 1 heterocycles. The van der Waals surface area contributed by atoms with E-state index >= 15 is 0 Å². The van der Waals surface area contributed by atoms with E-state index in [0.717, 1.165) is 35.0 Å². The molecule has 0 aliphatic heterocycles. The van der Waals surface area contributed by atoms with Gasteiger partial charge in [-0.15, -0.1) is 11.3 Å². The quantitative estimate of drug-likeness (QED) is 0.0673. The molecule has 17 heteroatoms. The second kappa shape index (κ2) is 18.2. The van der Waals surface area contributed by atoms with Crippen molar-refractivity contribution in [3.63, 3.8) is 0 Å². The number of thiazole rings is 1. The number of carbonyl (C=O) groups excluding carboxylic acids is 3.